The summed E-state index contributed by atoms with van der Waals surface area (Å²) in [6.45, 7) is 4.02. The van der Waals surface area contributed by atoms with Crippen molar-refractivity contribution >= 4 is 75.1 Å². The van der Waals surface area contributed by atoms with E-state index in [0.29, 0.717) is 76.6 Å². The van der Waals surface area contributed by atoms with Crippen molar-refractivity contribution in [2.24, 2.45) is 0 Å². The standard InChI is InChI=1S/C26H28Cl3N5O4S/c1-33(5-8-37-2)14-16-15-39-24(22(16)29)26(36)32-23-19(25(35)31-21-4-3-17(27)13-30-21)11-18(28)12-20(23)34-6-9-38-10-7-34/h3-4,11-13,15H,5-10,14H2,1-2H3,(H,32,36)(H,30,31,35). The highest BCUT2D eigenvalue weighted by Crippen LogP contribution is 2.36. The zero-order valence-electron chi connectivity index (χ0n) is 21.4. The second kappa shape index (κ2) is 13.8. The van der Waals surface area contributed by atoms with E-state index in [2.05, 4.69) is 20.5 Å². The highest BCUT2D eigenvalue weighted by Gasteiger charge is 2.26. The molecule has 0 unspecified atom stereocenters. The average molecular weight is 613 g/mol. The zero-order chi connectivity index (χ0) is 27.9. The van der Waals surface area contributed by atoms with E-state index < -0.39 is 11.8 Å². The van der Waals surface area contributed by atoms with Crippen LogP contribution in [0.1, 0.15) is 25.6 Å². The van der Waals surface area contributed by atoms with Crippen LogP contribution in [-0.4, -0.2) is 75.3 Å². The van der Waals surface area contributed by atoms with Gasteiger partial charge in [0, 0.05) is 44.5 Å². The molecular weight excluding hydrogens is 585 g/mol. The normalized spacial score (nSPS) is 13.5. The molecule has 0 saturated carbocycles. The molecule has 1 aromatic carbocycles. The van der Waals surface area contributed by atoms with Gasteiger partial charge in [-0.2, -0.15) is 0 Å². The van der Waals surface area contributed by atoms with E-state index in [1.807, 2.05) is 17.3 Å². The van der Waals surface area contributed by atoms with Crippen LogP contribution in [0.25, 0.3) is 0 Å². The number of halogens is 3. The maximum absolute atomic E-state index is 13.5. The van der Waals surface area contributed by atoms with Crippen LogP contribution in [0.5, 0.6) is 0 Å². The Balaban J connectivity index is 1.65. The number of hydrogen-bond acceptors (Lipinski definition) is 8. The summed E-state index contributed by atoms with van der Waals surface area (Å²) in [5.74, 6) is -0.612. The molecule has 3 heterocycles. The molecule has 9 nitrogen and oxygen atoms in total. The molecule has 13 heteroatoms. The molecule has 2 N–H and O–H groups in total. The summed E-state index contributed by atoms with van der Waals surface area (Å²) in [6, 6.07) is 6.44. The van der Waals surface area contributed by atoms with Crippen LogP contribution in [0.15, 0.2) is 35.8 Å². The summed E-state index contributed by atoms with van der Waals surface area (Å²) < 4.78 is 10.6. The number of methoxy groups -OCH3 is 1. The molecule has 1 saturated heterocycles. The number of aromatic nitrogens is 1. The van der Waals surface area contributed by atoms with Gasteiger partial charge in [0.05, 0.1) is 46.8 Å². The quantitative estimate of drug-likeness (QED) is 0.311. The molecule has 1 aliphatic rings. The van der Waals surface area contributed by atoms with Crippen LogP contribution in [0.3, 0.4) is 0 Å². The summed E-state index contributed by atoms with van der Waals surface area (Å²) in [5.41, 5.74) is 1.95. The van der Waals surface area contributed by atoms with Crippen LogP contribution in [0, 0.1) is 0 Å². The Hall–Kier alpha value is -2.44. The first kappa shape index (κ1) is 29.5. The maximum Gasteiger partial charge on any atom is 0.267 e. The first-order chi connectivity index (χ1) is 18.8. The summed E-state index contributed by atoms with van der Waals surface area (Å²) in [7, 11) is 3.60. The van der Waals surface area contributed by atoms with Crippen molar-refractivity contribution < 1.29 is 19.1 Å². The fraction of sp³-hybridized carbons (Fsp3) is 0.346. The lowest BCUT2D eigenvalue weighted by Crippen LogP contribution is -2.37. The fourth-order valence-electron chi connectivity index (χ4n) is 4.02. The number of rotatable bonds is 10. The van der Waals surface area contributed by atoms with Gasteiger partial charge < -0.3 is 25.0 Å². The first-order valence-electron chi connectivity index (χ1n) is 12.1. The number of thiophene rings is 1. The van der Waals surface area contributed by atoms with Crippen LogP contribution in [0.2, 0.25) is 15.1 Å². The minimum Gasteiger partial charge on any atom is -0.383 e. The molecule has 4 rings (SSSR count). The predicted octanol–water partition coefficient (Wildman–Crippen LogP) is 5.52. The Morgan fingerprint density at radius 1 is 1.13 bits per heavy atom. The van der Waals surface area contributed by atoms with Crippen LogP contribution in [0.4, 0.5) is 17.2 Å². The Morgan fingerprint density at radius 3 is 2.59 bits per heavy atom. The SMILES string of the molecule is COCCN(C)Cc1csc(C(=O)Nc2c(C(=O)Nc3ccc(Cl)cn3)cc(Cl)cc2N2CCOCC2)c1Cl. The average Bonchev–Trinajstić information content (AvgIpc) is 3.29. The van der Waals surface area contributed by atoms with Gasteiger partial charge in [0.25, 0.3) is 11.8 Å². The number of ether oxygens (including phenoxy) is 2. The minimum absolute atomic E-state index is 0.182. The van der Waals surface area contributed by atoms with Crippen molar-refractivity contribution in [2.75, 3.05) is 69.1 Å². The Kier molecular flexibility index (Phi) is 10.4. The number of nitrogens with one attached hydrogen (secondary N) is 2. The van der Waals surface area contributed by atoms with Gasteiger partial charge in [-0.15, -0.1) is 11.3 Å². The third-order valence-corrected chi connectivity index (χ3v) is 8.02. The van der Waals surface area contributed by atoms with E-state index in [1.165, 1.54) is 23.6 Å². The van der Waals surface area contributed by atoms with Crippen LogP contribution < -0.4 is 15.5 Å². The molecule has 0 atom stereocenters. The van der Waals surface area contributed by atoms with Gasteiger partial charge in [0.15, 0.2) is 0 Å². The summed E-state index contributed by atoms with van der Waals surface area (Å²) >= 11 is 20.3. The predicted molar refractivity (Wildman–Crippen MR) is 157 cm³/mol. The lowest BCUT2D eigenvalue weighted by molar-refractivity contribution is 0.102. The molecule has 1 aliphatic heterocycles. The third-order valence-electron chi connectivity index (χ3n) is 6.01. The number of anilines is 3. The van der Waals surface area contributed by atoms with Crippen molar-refractivity contribution in [3.63, 3.8) is 0 Å². The van der Waals surface area contributed by atoms with Crippen molar-refractivity contribution in [1.29, 1.82) is 0 Å². The molecule has 3 aromatic rings. The van der Waals surface area contributed by atoms with E-state index in [4.69, 9.17) is 44.3 Å². The van der Waals surface area contributed by atoms with Crippen LogP contribution >= 0.6 is 46.1 Å². The first-order valence-corrected chi connectivity index (χ1v) is 14.1. The van der Waals surface area contributed by atoms with Crippen molar-refractivity contribution in [1.82, 2.24) is 9.88 Å². The van der Waals surface area contributed by atoms with E-state index in [-0.39, 0.29) is 5.56 Å². The Morgan fingerprint density at radius 2 is 1.90 bits per heavy atom. The van der Waals surface area contributed by atoms with Gasteiger partial charge in [-0.05, 0) is 42.3 Å². The molecule has 0 spiro atoms. The maximum atomic E-state index is 13.5. The number of morpholine rings is 1. The molecule has 1 fully saturated rings. The lowest BCUT2D eigenvalue weighted by atomic mass is 10.1. The number of hydrogen-bond donors (Lipinski definition) is 2. The van der Waals surface area contributed by atoms with Crippen LogP contribution in [-0.2, 0) is 16.0 Å². The van der Waals surface area contributed by atoms with Gasteiger partial charge in [-0.25, -0.2) is 4.98 Å². The molecule has 208 valence electrons. The molecular formula is C26H28Cl3N5O4S. The zero-order valence-corrected chi connectivity index (χ0v) is 24.5. The molecule has 0 radical (unpaired) electrons. The van der Waals surface area contributed by atoms with E-state index >= 15 is 0 Å². The Labute approximate surface area is 245 Å². The van der Waals surface area contributed by atoms with Gasteiger partial charge in [-0.3, -0.25) is 14.5 Å². The molecule has 39 heavy (non-hydrogen) atoms. The molecule has 2 amide bonds. The van der Waals surface area contributed by atoms with Gasteiger partial charge in [0.2, 0.25) is 0 Å². The van der Waals surface area contributed by atoms with Gasteiger partial charge in [-0.1, -0.05) is 34.8 Å². The van der Waals surface area contributed by atoms with Crippen molar-refractivity contribution in [2.45, 2.75) is 6.54 Å². The highest BCUT2D eigenvalue weighted by molar-refractivity contribution is 7.13. The molecule has 0 bridgehead atoms. The molecule has 0 aliphatic carbocycles. The van der Waals surface area contributed by atoms with E-state index in [1.54, 1.807) is 25.3 Å². The minimum atomic E-state index is -0.491. The smallest absolute Gasteiger partial charge is 0.267 e. The number of pyridine rings is 1. The van der Waals surface area contributed by atoms with Crippen molar-refractivity contribution in [3.05, 3.63) is 66.9 Å². The van der Waals surface area contributed by atoms with Gasteiger partial charge in [0.1, 0.15) is 10.7 Å². The number of benzene rings is 1. The second-order valence-electron chi connectivity index (χ2n) is 8.85. The number of amides is 2. The highest BCUT2D eigenvalue weighted by atomic mass is 35.5. The monoisotopic (exact) mass is 611 g/mol. The van der Waals surface area contributed by atoms with Gasteiger partial charge >= 0.3 is 0 Å². The summed E-state index contributed by atoms with van der Waals surface area (Å²) in [5, 5.41) is 8.72. The fourth-order valence-corrected chi connectivity index (χ4v) is 5.58. The Bertz CT molecular complexity index is 1320. The van der Waals surface area contributed by atoms with Crippen molar-refractivity contribution in [3.8, 4) is 0 Å². The largest absolute Gasteiger partial charge is 0.383 e. The number of carbonyl (C=O) groups is 2. The topological polar surface area (TPSA) is 96.0 Å². The molecule has 2 aromatic heterocycles. The lowest BCUT2D eigenvalue weighted by Gasteiger charge is -2.31. The second-order valence-corrected chi connectivity index (χ2v) is 11.0. The summed E-state index contributed by atoms with van der Waals surface area (Å²) in [4.78, 5) is 35.5. The van der Waals surface area contributed by atoms with E-state index in [0.717, 1.165) is 12.1 Å². The number of carbonyl (C=O) groups excluding carboxylic acids is 2. The van der Waals surface area contributed by atoms with E-state index in [9.17, 15) is 9.59 Å². The number of likely N-dealkylation sites (N-methyl/N-ethyl adjacent to an activating group) is 1. The summed E-state index contributed by atoms with van der Waals surface area (Å²) in [6.07, 6.45) is 1.43. The third kappa shape index (κ3) is 7.61. The number of nitrogens with zero attached hydrogens (tertiary/aromatic N) is 3.